The Hall–Kier alpha value is -2.70. The van der Waals surface area contributed by atoms with Crippen LogP contribution < -0.4 is 5.32 Å². The van der Waals surface area contributed by atoms with E-state index in [1.165, 1.54) is 6.92 Å². The number of ether oxygens (including phenoxy) is 1. The number of nitrogens with zero attached hydrogens (tertiary/aromatic N) is 1. The highest BCUT2D eigenvalue weighted by Crippen LogP contribution is 2.38. The van der Waals surface area contributed by atoms with Gasteiger partial charge >= 0.3 is 5.97 Å². The molecule has 150 valence electrons. The van der Waals surface area contributed by atoms with Gasteiger partial charge in [0, 0.05) is 6.54 Å². The Morgan fingerprint density at radius 3 is 2.25 bits per heavy atom. The van der Waals surface area contributed by atoms with Gasteiger partial charge in [0.05, 0.1) is 11.8 Å². The maximum Gasteiger partial charge on any atom is 0.329 e. The quantitative estimate of drug-likeness (QED) is 0.594. The highest BCUT2D eigenvalue weighted by Gasteiger charge is 2.51. The zero-order chi connectivity index (χ0) is 20.3. The molecule has 3 rings (SSSR count). The SMILES string of the molecule is Cc1ccc(CNC(=O)COC(=O)[C@H](C)N2C(=O)C3CCCCC3C2=O)cc1. The summed E-state index contributed by atoms with van der Waals surface area (Å²) in [6.07, 6.45) is 3.23. The second kappa shape index (κ2) is 8.54. The number of imide groups is 1. The number of benzene rings is 1. The third kappa shape index (κ3) is 4.24. The lowest BCUT2D eigenvalue weighted by atomic mass is 9.81. The van der Waals surface area contributed by atoms with E-state index in [1.807, 2.05) is 31.2 Å². The van der Waals surface area contributed by atoms with Gasteiger partial charge in [-0.1, -0.05) is 42.7 Å². The van der Waals surface area contributed by atoms with Crippen molar-refractivity contribution >= 4 is 23.7 Å². The Labute approximate surface area is 164 Å². The van der Waals surface area contributed by atoms with Crippen LogP contribution in [0.15, 0.2) is 24.3 Å². The third-order valence-corrected chi connectivity index (χ3v) is 5.56. The Morgan fingerprint density at radius 2 is 1.68 bits per heavy atom. The Morgan fingerprint density at radius 1 is 1.11 bits per heavy atom. The Balaban J connectivity index is 1.48. The van der Waals surface area contributed by atoms with Crippen molar-refractivity contribution in [3.05, 3.63) is 35.4 Å². The normalized spacial score (nSPS) is 22.6. The fraction of sp³-hybridized carbons (Fsp3) is 0.524. The molecule has 1 aliphatic carbocycles. The van der Waals surface area contributed by atoms with Crippen molar-refractivity contribution in [1.82, 2.24) is 10.2 Å². The van der Waals surface area contributed by atoms with Gasteiger partial charge in [0.2, 0.25) is 11.8 Å². The van der Waals surface area contributed by atoms with Crippen LogP contribution in [0.2, 0.25) is 0 Å². The lowest BCUT2D eigenvalue weighted by Crippen LogP contribution is -2.45. The van der Waals surface area contributed by atoms with Gasteiger partial charge in [0.1, 0.15) is 6.04 Å². The molecule has 2 unspecified atom stereocenters. The Bertz CT molecular complexity index is 750. The van der Waals surface area contributed by atoms with Crippen molar-refractivity contribution in [3.8, 4) is 0 Å². The molecule has 0 aromatic heterocycles. The van der Waals surface area contributed by atoms with Crippen LogP contribution in [-0.4, -0.2) is 41.2 Å². The molecule has 1 N–H and O–H groups in total. The molecule has 7 heteroatoms. The minimum Gasteiger partial charge on any atom is -0.454 e. The third-order valence-electron chi connectivity index (χ3n) is 5.56. The Kier molecular flexibility index (Phi) is 6.11. The number of nitrogens with one attached hydrogen (secondary N) is 1. The molecule has 7 nitrogen and oxygen atoms in total. The van der Waals surface area contributed by atoms with Gasteiger partial charge < -0.3 is 10.1 Å². The molecule has 28 heavy (non-hydrogen) atoms. The maximum atomic E-state index is 12.5. The van der Waals surface area contributed by atoms with Crippen molar-refractivity contribution in [2.24, 2.45) is 11.8 Å². The van der Waals surface area contributed by atoms with E-state index in [9.17, 15) is 19.2 Å². The summed E-state index contributed by atoms with van der Waals surface area (Å²) in [7, 11) is 0. The molecule has 0 bridgehead atoms. The minimum absolute atomic E-state index is 0.289. The van der Waals surface area contributed by atoms with Crippen LogP contribution in [0.25, 0.3) is 0 Å². The predicted molar refractivity (Wildman–Crippen MR) is 101 cm³/mol. The molecule has 1 heterocycles. The van der Waals surface area contributed by atoms with Gasteiger partial charge in [-0.3, -0.25) is 19.3 Å². The molecule has 3 atom stereocenters. The number of esters is 1. The molecule has 1 aromatic carbocycles. The molecule has 1 aliphatic heterocycles. The number of likely N-dealkylation sites (tertiary alicyclic amines) is 1. The largest absolute Gasteiger partial charge is 0.454 e. The molecule has 1 saturated carbocycles. The molecule has 3 amide bonds. The van der Waals surface area contributed by atoms with Gasteiger partial charge in [-0.25, -0.2) is 4.79 Å². The lowest BCUT2D eigenvalue weighted by Gasteiger charge is -2.21. The van der Waals surface area contributed by atoms with E-state index in [0.717, 1.165) is 28.9 Å². The highest BCUT2D eigenvalue weighted by atomic mass is 16.5. The molecule has 0 radical (unpaired) electrons. The van der Waals surface area contributed by atoms with Crippen LogP contribution in [-0.2, 0) is 30.5 Å². The number of carbonyl (C=O) groups excluding carboxylic acids is 4. The summed E-state index contributed by atoms with van der Waals surface area (Å²) in [6, 6.07) is 6.70. The molecule has 1 saturated heterocycles. The first-order valence-electron chi connectivity index (χ1n) is 9.74. The number of rotatable bonds is 6. The summed E-state index contributed by atoms with van der Waals surface area (Å²) in [5.74, 6) is -2.38. The molecular weight excluding hydrogens is 360 g/mol. The number of amides is 3. The fourth-order valence-electron chi connectivity index (χ4n) is 3.89. The monoisotopic (exact) mass is 386 g/mol. The summed E-state index contributed by atoms with van der Waals surface area (Å²) in [5.41, 5.74) is 2.07. The second-order valence-electron chi connectivity index (χ2n) is 7.59. The summed E-state index contributed by atoms with van der Waals surface area (Å²) >= 11 is 0. The van der Waals surface area contributed by atoms with Crippen molar-refractivity contribution < 1.29 is 23.9 Å². The summed E-state index contributed by atoms with van der Waals surface area (Å²) in [6.45, 7) is 3.34. The number of aryl methyl sites for hydroxylation is 1. The van der Waals surface area contributed by atoms with Crippen LogP contribution in [0.3, 0.4) is 0 Å². The average Bonchev–Trinajstić information content (AvgIpc) is 2.96. The first kappa shape index (κ1) is 20.0. The van der Waals surface area contributed by atoms with E-state index in [-0.39, 0.29) is 23.7 Å². The summed E-state index contributed by atoms with van der Waals surface area (Å²) in [5, 5.41) is 2.68. The van der Waals surface area contributed by atoms with Crippen molar-refractivity contribution in [2.45, 2.75) is 52.1 Å². The smallest absolute Gasteiger partial charge is 0.329 e. The average molecular weight is 386 g/mol. The fourth-order valence-corrected chi connectivity index (χ4v) is 3.89. The van der Waals surface area contributed by atoms with Crippen molar-refractivity contribution in [1.29, 1.82) is 0 Å². The predicted octanol–water partition coefficient (Wildman–Crippen LogP) is 1.72. The van der Waals surface area contributed by atoms with E-state index in [1.54, 1.807) is 0 Å². The van der Waals surface area contributed by atoms with E-state index in [4.69, 9.17) is 4.74 Å². The topological polar surface area (TPSA) is 92.8 Å². The highest BCUT2D eigenvalue weighted by molar-refractivity contribution is 6.07. The van der Waals surface area contributed by atoms with E-state index in [0.29, 0.717) is 19.4 Å². The molecule has 2 aliphatic rings. The zero-order valence-corrected chi connectivity index (χ0v) is 16.3. The van der Waals surface area contributed by atoms with Gasteiger partial charge in [-0.2, -0.15) is 0 Å². The molecule has 1 aromatic rings. The second-order valence-corrected chi connectivity index (χ2v) is 7.59. The van der Waals surface area contributed by atoms with Gasteiger partial charge in [-0.05, 0) is 32.3 Å². The van der Waals surface area contributed by atoms with Gasteiger partial charge in [0.15, 0.2) is 6.61 Å². The summed E-state index contributed by atoms with van der Waals surface area (Å²) in [4.78, 5) is 50.3. The maximum absolute atomic E-state index is 12.5. The number of hydrogen-bond donors (Lipinski definition) is 1. The van der Waals surface area contributed by atoms with E-state index < -0.39 is 24.5 Å². The standard InChI is InChI=1S/C21H26N2O5/c1-13-7-9-15(10-8-13)11-22-18(24)12-28-21(27)14(2)23-19(25)16-5-3-4-6-17(16)20(23)26/h7-10,14,16-17H,3-6,11-12H2,1-2H3,(H,22,24)/t14-,16?,17?/m0/s1. The first-order chi connectivity index (χ1) is 13.4. The van der Waals surface area contributed by atoms with E-state index >= 15 is 0 Å². The van der Waals surface area contributed by atoms with E-state index in [2.05, 4.69) is 5.32 Å². The molecule has 0 spiro atoms. The lowest BCUT2D eigenvalue weighted by molar-refractivity contribution is -0.159. The van der Waals surface area contributed by atoms with Gasteiger partial charge in [0.25, 0.3) is 5.91 Å². The van der Waals surface area contributed by atoms with Crippen LogP contribution in [0.1, 0.15) is 43.7 Å². The van der Waals surface area contributed by atoms with Crippen LogP contribution in [0.5, 0.6) is 0 Å². The molecule has 2 fully saturated rings. The van der Waals surface area contributed by atoms with Crippen molar-refractivity contribution in [3.63, 3.8) is 0 Å². The zero-order valence-electron chi connectivity index (χ0n) is 16.3. The summed E-state index contributed by atoms with van der Waals surface area (Å²) < 4.78 is 5.04. The van der Waals surface area contributed by atoms with Crippen LogP contribution in [0, 0.1) is 18.8 Å². The van der Waals surface area contributed by atoms with Crippen LogP contribution >= 0.6 is 0 Å². The van der Waals surface area contributed by atoms with Crippen LogP contribution in [0.4, 0.5) is 0 Å². The number of fused-ring (bicyclic) bond motifs is 1. The number of hydrogen-bond acceptors (Lipinski definition) is 5. The first-order valence-corrected chi connectivity index (χ1v) is 9.74. The molecular formula is C21H26N2O5. The van der Waals surface area contributed by atoms with Gasteiger partial charge in [-0.15, -0.1) is 0 Å². The minimum atomic E-state index is -1.02. The van der Waals surface area contributed by atoms with Crippen molar-refractivity contribution in [2.75, 3.05) is 6.61 Å². The number of carbonyl (C=O) groups is 4.